The van der Waals surface area contributed by atoms with Crippen molar-refractivity contribution in [2.24, 2.45) is 5.92 Å². The normalized spacial score (nSPS) is 34.2. The second-order valence-corrected chi connectivity index (χ2v) is 9.06. The predicted octanol–water partition coefficient (Wildman–Crippen LogP) is 2.99. The molecule has 2 fully saturated rings. The summed E-state index contributed by atoms with van der Waals surface area (Å²) in [4.78, 5) is 26.5. The monoisotopic (exact) mass is 399 g/mol. The molecule has 6 heteroatoms. The van der Waals surface area contributed by atoms with E-state index in [2.05, 4.69) is 18.0 Å². The number of piperidine rings is 1. The van der Waals surface area contributed by atoms with E-state index in [-0.39, 0.29) is 29.6 Å². The number of hydrogen-bond acceptors (Lipinski definition) is 6. The Hall–Kier alpha value is -2.08. The highest BCUT2D eigenvalue weighted by molar-refractivity contribution is 5.73. The molecule has 1 saturated heterocycles. The van der Waals surface area contributed by atoms with Crippen molar-refractivity contribution in [2.45, 2.75) is 76.0 Å². The van der Waals surface area contributed by atoms with Crippen LogP contribution < -0.4 is 9.47 Å². The molecule has 0 amide bonds. The Labute approximate surface area is 171 Å². The second kappa shape index (κ2) is 6.73. The van der Waals surface area contributed by atoms with Gasteiger partial charge in [0.15, 0.2) is 11.5 Å². The Bertz CT molecular complexity index is 867. The molecule has 0 N–H and O–H groups in total. The SMILES string of the molecule is CCCC(=O)O[C@H]1CC[C@H]2[C@H]3Cc4ccc(OC(C)=O)c5c4[C@@]2(CCN3C)[C@H]1O5. The maximum absolute atomic E-state index is 12.3. The van der Waals surface area contributed by atoms with Gasteiger partial charge in [-0.1, -0.05) is 13.0 Å². The molecular formula is C23H29NO5. The highest BCUT2D eigenvalue weighted by atomic mass is 16.6. The number of rotatable bonds is 4. The summed E-state index contributed by atoms with van der Waals surface area (Å²) < 4.78 is 18.0. The van der Waals surface area contributed by atoms with E-state index in [9.17, 15) is 9.59 Å². The molecule has 2 aliphatic carbocycles. The Morgan fingerprint density at radius 3 is 2.90 bits per heavy atom. The molecular weight excluding hydrogens is 370 g/mol. The maximum atomic E-state index is 12.3. The summed E-state index contributed by atoms with van der Waals surface area (Å²) in [6, 6.07) is 4.43. The smallest absolute Gasteiger partial charge is 0.308 e. The van der Waals surface area contributed by atoms with Crippen molar-refractivity contribution in [1.82, 2.24) is 4.90 Å². The lowest BCUT2D eigenvalue weighted by Crippen LogP contribution is -2.66. The van der Waals surface area contributed by atoms with Crippen LogP contribution in [-0.2, 0) is 26.2 Å². The lowest BCUT2D eigenvalue weighted by atomic mass is 9.51. The van der Waals surface area contributed by atoms with Gasteiger partial charge in [-0.15, -0.1) is 0 Å². The summed E-state index contributed by atoms with van der Waals surface area (Å²) >= 11 is 0. The molecule has 5 rings (SSSR count). The fraction of sp³-hybridized carbons (Fsp3) is 0.652. The molecule has 2 aliphatic heterocycles. The summed E-state index contributed by atoms with van der Waals surface area (Å²) in [5, 5.41) is 0. The number of carbonyl (C=O) groups excluding carboxylic acids is 2. The summed E-state index contributed by atoms with van der Waals surface area (Å²) in [5.41, 5.74) is 2.34. The molecule has 1 aromatic carbocycles. The third-order valence-corrected chi connectivity index (χ3v) is 7.52. The van der Waals surface area contributed by atoms with Gasteiger partial charge in [-0.25, -0.2) is 0 Å². The Kier molecular flexibility index (Phi) is 4.39. The minimum atomic E-state index is -0.350. The van der Waals surface area contributed by atoms with Gasteiger partial charge in [0.1, 0.15) is 12.2 Å². The van der Waals surface area contributed by atoms with E-state index in [1.54, 1.807) is 0 Å². The van der Waals surface area contributed by atoms with Gasteiger partial charge in [0.05, 0.1) is 0 Å². The number of benzene rings is 1. The molecule has 4 aliphatic rings. The van der Waals surface area contributed by atoms with E-state index in [0.717, 1.165) is 38.6 Å². The van der Waals surface area contributed by atoms with E-state index in [1.165, 1.54) is 18.1 Å². The number of hydrogen-bond donors (Lipinski definition) is 0. The standard InChI is InChI=1S/C23H29NO5/c1-4-5-19(26)28-18-9-7-15-16-12-14-6-8-17(27-13(2)25)21-20(14)23(15,22(18)29-21)10-11-24(16)3/h6,8,15-16,18,22H,4-5,7,9-12H2,1-3H3/t15-,16+,18-,22-,23-/m0/s1. The summed E-state index contributed by atoms with van der Waals surface area (Å²) in [5.74, 6) is 1.17. The molecule has 2 bridgehead atoms. The van der Waals surface area contributed by atoms with Gasteiger partial charge in [-0.3, -0.25) is 9.59 Å². The third kappa shape index (κ3) is 2.64. The predicted molar refractivity (Wildman–Crippen MR) is 106 cm³/mol. The number of ether oxygens (including phenoxy) is 3. The third-order valence-electron chi connectivity index (χ3n) is 7.52. The number of carbonyl (C=O) groups is 2. The van der Waals surface area contributed by atoms with E-state index in [1.807, 2.05) is 13.0 Å². The summed E-state index contributed by atoms with van der Waals surface area (Å²) in [7, 11) is 2.22. The zero-order chi connectivity index (χ0) is 20.3. The zero-order valence-corrected chi connectivity index (χ0v) is 17.4. The summed E-state index contributed by atoms with van der Waals surface area (Å²) in [6.07, 6.45) is 4.56. The molecule has 29 heavy (non-hydrogen) atoms. The molecule has 6 nitrogen and oxygen atoms in total. The minimum absolute atomic E-state index is 0.146. The highest BCUT2D eigenvalue weighted by Crippen LogP contribution is 2.64. The first kappa shape index (κ1) is 18.9. The van der Waals surface area contributed by atoms with Gasteiger partial charge in [-0.2, -0.15) is 0 Å². The van der Waals surface area contributed by atoms with Crippen LogP contribution in [0.2, 0.25) is 0 Å². The van der Waals surface area contributed by atoms with Crippen LogP contribution in [0.4, 0.5) is 0 Å². The fourth-order valence-electron chi connectivity index (χ4n) is 6.47. The largest absolute Gasteiger partial charge is 0.481 e. The van der Waals surface area contributed by atoms with Gasteiger partial charge in [0.25, 0.3) is 0 Å². The van der Waals surface area contributed by atoms with E-state index < -0.39 is 0 Å². The van der Waals surface area contributed by atoms with Crippen molar-refractivity contribution < 1.29 is 23.8 Å². The number of likely N-dealkylation sites (N-methyl/N-ethyl adjacent to an activating group) is 1. The van der Waals surface area contributed by atoms with Crippen LogP contribution in [0.5, 0.6) is 11.5 Å². The van der Waals surface area contributed by atoms with Crippen molar-refractivity contribution in [1.29, 1.82) is 0 Å². The quantitative estimate of drug-likeness (QED) is 0.573. The molecule has 156 valence electrons. The van der Waals surface area contributed by atoms with Gasteiger partial charge >= 0.3 is 11.9 Å². The molecule has 1 saturated carbocycles. The van der Waals surface area contributed by atoms with Gasteiger partial charge in [0, 0.05) is 30.4 Å². The Morgan fingerprint density at radius 2 is 2.14 bits per heavy atom. The fourth-order valence-corrected chi connectivity index (χ4v) is 6.47. The van der Waals surface area contributed by atoms with Crippen molar-refractivity contribution in [2.75, 3.05) is 13.6 Å². The topological polar surface area (TPSA) is 65.1 Å². The van der Waals surface area contributed by atoms with Crippen LogP contribution in [-0.4, -0.2) is 48.7 Å². The molecule has 5 atom stereocenters. The Balaban J connectivity index is 1.61. The van der Waals surface area contributed by atoms with Crippen LogP contribution in [0.3, 0.4) is 0 Å². The van der Waals surface area contributed by atoms with Crippen LogP contribution in [0, 0.1) is 5.92 Å². The van der Waals surface area contributed by atoms with Gasteiger partial charge in [-0.05, 0) is 63.2 Å². The van der Waals surface area contributed by atoms with E-state index in [4.69, 9.17) is 14.2 Å². The number of nitrogens with zero attached hydrogens (tertiary/aromatic N) is 1. The first-order valence-corrected chi connectivity index (χ1v) is 10.9. The molecule has 0 unspecified atom stereocenters. The first-order chi connectivity index (χ1) is 14.0. The minimum Gasteiger partial charge on any atom is -0.481 e. The lowest BCUT2D eigenvalue weighted by molar-refractivity contribution is -0.166. The molecule has 1 aromatic rings. The second-order valence-electron chi connectivity index (χ2n) is 9.06. The van der Waals surface area contributed by atoms with Crippen molar-refractivity contribution in [3.63, 3.8) is 0 Å². The molecule has 2 heterocycles. The van der Waals surface area contributed by atoms with Crippen LogP contribution in [0.25, 0.3) is 0 Å². The van der Waals surface area contributed by atoms with Crippen LogP contribution in [0.15, 0.2) is 12.1 Å². The van der Waals surface area contributed by atoms with E-state index >= 15 is 0 Å². The first-order valence-electron chi connectivity index (χ1n) is 10.9. The number of esters is 2. The highest BCUT2D eigenvalue weighted by Gasteiger charge is 2.66. The Morgan fingerprint density at radius 1 is 1.31 bits per heavy atom. The molecule has 0 radical (unpaired) electrons. The molecule has 0 aromatic heterocycles. The van der Waals surface area contributed by atoms with Crippen molar-refractivity contribution in [3.05, 3.63) is 23.3 Å². The van der Waals surface area contributed by atoms with Gasteiger partial charge < -0.3 is 19.1 Å². The van der Waals surface area contributed by atoms with Crippen molar-refractivity contribution >= 4 is 11.9 Å². The molecule has 1 spiro atoms. The van der Waals surface area contributed by atoms with Crippen LogP contribution >= 0.6 is 0 Å². The van der Waals surface area contributed by atoms with Crippen LogP contribution in [0.1, 0.15) is 57.1 Å². The average Bonchev–Trinajstić information content (AvgIpc) is 3.02. The summed E-state index contributed by atoms with van der Waals surface area (Å²) in [6.45, 7) is 4.39. The zero-order valence-electron chi connectivity index (χ0n) is 17.4. The number of likely N-dealkylation sites (tertiary alicyclic amines) is 1. The van der Waals surface area contributed by atoms with Gasteiger partial charge in [0.2, 0.25) is 0 Å². The van der Waals surface area contributed by atoms with Crippen molar-refractivity contribution in [3.8, 4) is 11.5 Å². The average molecular weight is 399 g/mol. The maximum Gasteiger partial charge on any atom is 0.308 e. The van der Waals surface area contributed by atoms with E-state index in [0.29, 0.717) is 29.9 Å². The lowest BCUT2D eigenvalue weighted by Gasteiger charge is -2.58.